The van der Waals surface area contributed by atoms with E-state index in [1.54, 1.807) is 0 Å². The quantitative estimate of drug-likeness (QED) is 0.747. The van der Waals surface area contributed by atoms with E-state index in [4.69, 9.17) is 0 Å². The van der Waals surface area contributed by atoms with Gasteiger partial charge in [0.2, 0.25) is 0 Å². The highest BCUT2D eigenvalue weighted by atomic mass is 31.2. The van der Waals surface area contributed by atoms with Gasteiger partial charge in [0.05, 0.1) is 0 Å². The maximum Gasteiger partial charge on any atom is 0.181 e. The second-order valence-corrected chi connectivity index (χ2v) is 10.7. The Bertz CT molecular complexity index is 659. The van der Waals surface area contributed by atoms with Gasteiger partial charge in [0, 0.05) is 16.5 Å². The lowest BCUT2D eigenvalue weighted by Crippen LogP contribution is -2.36. The summed E-state index contributed by atoms with van der Waals surface area (Å²) in [6.07, 6.45) is 0. The van der Waals surface area contributed by atoms with Gasteiger partial charge in [0.15, 0.2) is 7.29 Å². The Kier molecular flexibility index (Phi) is 5.49. The molecule has 1 N–H and O–H groups in total. The van der Waals surface area contributed by atoms with E-state index < -0.39 is 7.29 Å². The maximum atomic E-state index is 14.0. The zero-order valence-corrected chi connectivity index (χ0v) is 15.7. The van der Waals surface area contributed by atoms with Crippen LogP contribution in [0, 0.1) is 5.92 Å². The van der Waals surface area contributed by atoms with E-state index in [0.717, 1.165) is 5.30 Å². The molecule has 0 aliphatic carbocycles. The Morgan fingerprint density at radius 3 is 1.78 bits per heavy atom. The molecule has 0 heterocycles. The van der Waals surface area contributed by atoms with Gasteiger partial charge < -0.3 is 4.57 Å². The molecule has 0 radical (unpaired) electrons. The van der Waals surface area contributed by atoms with E-state index in [1.165, 1.54) is 5.56 Å². The normalized spacial score (nSPS) is 16.1. The van der Waals surface area contributed by atoms with Crippen LogP contribution in [0.15, 0.2) is 60.7 Å². The van der Waals surface area contributed by atoms with E-state index >= 15 is 0 Å². The molecule has 0 spiro atoms. The molecule has 0 aromatic heterocycles. The van der Waals surface area contributed by atoms with Crippen LogP contribution in [0.4, 0.5) is 0 Å². The molecule has 2 aromatic carbocycles. The Labute approximate surface area is 140 Å². The molecule has 0 aliphatic heterocycles. The van der Waals surface area contributed by atoms with Crippen LogP contribution in [0.5, 0.6) is 0 Å². The summed E-state index contributed by atoms with van der Waals surface area (Å²) in [5, 5.41) is 4.10. The number of hydrogen-bond acceptors (Lipinski definition) is 1. The lowest BCUT2D eigenvalue weighted by Gasteiger charge is -2.37. The van der Waals surface area contributed by atoms with Crippen molar-refractivity contribution in [2.45, 2.75) is 45.8 Å². The molecule has 3 heteroatoms. The third-order valence-electron chi connectivity index (χ3n) is 4.21. The fraction of sp³-hybridized carbons (Fsp3) is 0.400. The molecule has 0 bridgehead atoms. The molecule has 2 rings (SSSR count). The van der Waals surface area contributed by atoms with Gasteiger partial charge in [-0.25, -0.2) is 0 Å². The van der Waals surface area contributed by atoms with Crippen LogP contribution < -0.4 is 10.4 Å². The Balaban J connectivity index is 2.47. The summed E-state index contributed by atoms with van der Waals surface area (Å²) >= 11 is 0. The molecule has 23 heavy (non-hydrogen) atoms. The molecule has 2 aromatic rings. The lowest BCUT2D eigenvalue weighted by atomic mass is 9.97. The summed E-state index contributed by atoms with van der Waals surface area (Å²) in [6, 6.07) is 20.2. The first-order valence-electron chi connectivity index (χ1n) is 8.24. The third kappa shape index (κ3) is 3.94. The highest BCUT2D eigenvalue weighted by Gasteiger charge is 2.40. The molecule has 0 saturated heterocycles. The molecule has 0 saturated carbocycles. The average molecular weight is 329 g/mol. The second kappa shape index (κ2) is 7.03. The fourth-order valence-electron chi connectivity index (χ4n) is 2.76. The minimum Gasteiger partial charge on any atom is -0.301 e. The fourth-order valence-corrected chi connectivity index (χ4v) is 5.50. The standard InChI is InChI=1S/C20H28NOP/c1-16(2)19(17-12-8-6-9-13-17)21-23(22,20(3,4)5)18-14-10-7-11-15-18/h6-16,19H,1-5H3,(H,21,22). The number of rotatable bonds is 5. The van der Waals surface area contributed by atoms with Crippen LogP contribution in [0.3, 0.4) is 0 Å². The van der Waals surface area contributed by atoms with Gasteiger partial charge in [-0.15, -0.1) is 0 Å². The zero-order valence-electron chi connectivity index (χ0n) is 14.8. The van der Waals surface area contributed by atoms with Crippen molar-refractivity contribution in [2.75, 3.05) is 0 Å². The molecule has 0 fully saturated rings. The van der Waals surface area contributed by atoms with Crippen molar-refractivity contribution < 1.29 is 4.57 Å². The molecule has 0 aliphatic rings. The van der Waals surface area contributed by atoms with Crippen LogP contribution >= 0.6 is 7.29 Å². The van der Waals surface area contributed by atoms with E-state index in [1.807, 2.05) is 48.5 Å². The van der Waals surface area contributed by atoms with Crippen LogP contribution in [-0.2, 0) is 4.57 Å². The van der Waals surface area contributed by atoms with Crippen LogP contribution in [0.1, 0.15) is 46.2 Å². The van der Waals surface area contributed by atoms with Gasteiger partial charge >= 0.3 is 0 Å². The first kappa shape index (κ1) is 18.0. The van der Waals surface area contributed by atoms with Crippen molar-refractivity contribution >= 4 is 12.6 Å². The van der Waals surface area contributed by atoms with Crippen molar-refractivity contribution in [1.29, 1.82) is 0 Å². The summed E-state index contributed by atoms with van der Waals surface area (Å²) in [4.78, 5) is 0. The van der Waals surface area contributed by atoms with E-state index in [2.05, 4.69) is 51.8 Å². The predicted molar refractivity (Wildman–Crippen MR) is 101 cm³/mol. The van der Waals surface area contributed by atoms with Crippen molar-refractivity contribution in [3.05, 3.63) is 66.2 Å². The van der Waals surface area contributed by atoms with E-state index in [9.17, 15) is 4.57 Å². The average Bonchev–Trinajstić information content (AvgIpc) is 2.52. The van der Waals surface area contributed by atoms with Gasteiger partial charge in [0.1, 0.15) is 0 Å². The smallest absolute Gasteiger partial charge is 0.181 e. The summed E-state index contributed by atoms with van der Waals surface area (Å²) in [6.45, 7) is 10.5. The van der Waals surface area contributed by atoms with Gasteiger partial charge in [0.25, 0.3) is 0 Å². The second-order valence-electron chi connectivity index (χ2n) is 7.38. The Hall–Kier alpha value is -1.37. The lowest BCUT2D eigenvalue weighted by molar-refractivity contribution is 0.455. The minimum atomic E-state index is -2.78. The Morgan fingerprint density at radius 1 is 0.870 bits per heavy atom. The van der Waals surface area contributed by atoms with Crippen molar-refractivity contribution in [2.24, 2.45) is 5.92 Å². The monoisotopic (exact) mass is 329 g/mol. The molecule has 124 valence electrons. The predicted octanol–water partition coefficient (Wildman–Crippen LogP) is 5.38. The van der Waals surface area contributed by atoms with Crippen LogP contribution in [-0.4, -0.2) is 5.16 Å². The van der Waals surface area contributed by atoms with Crippen LogP contribution in [0.25, 0.3) is 0 Å². The zero-order chi connectivity index (χ0) is 17.1. The van der Waals surface area contributed by atoms with Gasteiger partial charge in [-0.2, -0.15) is 0 Å². The van der Waals surface area contributed by atoms with Gasteiger partial charge in [-0.1, -0.05) is 95.3 Å². The highest BCUT2D eigenvalue weighted by Crippen LogP contribution is 2.55. The van der Waals surface area contributed by atoms with Crippen molar-refractivity contribution in [3.8, 4) is 0 Å². The maximum absolute atomic E-state index is 14.0. The highest BCUT2D eigenvalue weighted by molar-refractivity contribution is 7.71. The van der Waals surface area contributed by atoms with Gasteiger partial charge in [-0.3, -0.25) is 5.09 Å². The summed E-state index contributed by atoms with van der Waals surface area (Å²) in [5.74, 6) is 0.344. The first-order chi connectivity index (χ1) is 10.8. The SMILES string of the molecule is CC(C)C(NP(=O)(c1ccccc1)C(C)(C)C)c1ccccc1. The Morgan fingerprint density at radius 2 is 1.35 bits per heavy atom. The molecular formula is C20H28NOP. The van der Waals surface area contributed by atoms with Crippen LogP contribution in [0.2, 0.25) is 0 Å². The minimum absolute atomic E-state index is 0.0569. The number of benzene rings is 2. The third-order valence-corrected chi connectivity index (χ3v) is 7.77. The molecular weight excluding hydrogens is 301 g/mol. The topological polar surface area (TPSA) is 29.1 Å². The van der Waals surface area contributed by atoms with Gasteiger partial charge in [-0.05, 0) is 11.5 Å². The van der Waals surface area contributed by atoms with Crippen molar-refractivity contribution in [1.82, 2.24) is 5.09 Å². The first-order valence-corrected chi connectivity index (χ1v) is 9.95. The van der Waals surface area contributed by atoms with E-state index in [-0.39, 0.29) is 11.2 Å². The molecule has 2 nitrogen and oxygen atoms in total. The largest absolute Gasteiger partial charge is 0.301 e. The van der Waals surface area contributed by atoms with E-state index in [0.29, 0.717) is 5.92 Å². The summed E-state index contributed by atoms with van der Waals surface area (Å²) in [7, 11) is -2.78. The summed E-state index contributed by atoms with van der Waals surface area (Å²) < 4.78 is 14.0. The molecule has 2 atom stereocenters. The number of hydrogen-bond donors (Lipinski definition) is 1. The number of nitrogens with one attached hydrogen (secondary N) is 1. The van der Waals surface area contributed by atoms with Crippen molar-refractivity contribution in [3.63, 3.8) is 0 Å². The molecule has 2 unspecified atom stereocenters. The summed E-state index contributed by atoms with van der Waals surface area (Å²) in [5.41, 5.74) is 1.18. The molecule has 0 amide bonds.